The zero-order valence-electron chi connectivity index (χ0n) is 31.4. The quantitative estimate of drug-likeness (QED) is 0.119. The summed E-state index contributed by atoms with van der Waals surface area (Å²) in [5.74, 6) is 0. The maximum atomic E-state index is 2.54. The molecule has 55 heavy (non-hydrogen) atoms. The number of rotatable bonds is 6. The van der Waals surface area contributed by atoms with E-state index in [4.69, 9.17) is 0 Å². The van der Waals surface area contributed by atoms with Crippen molar-refractivity contribution in [3.63, 3.8) is 0 Å². The van der Waals surface area contributed by atoms with Crippen molar-refractivity contribution in [2.45, 2.75) is 25.8 Å². The van der Waals surface area contributed by atoms with E-state index in [0.717, 1.165) is 5.69 Å². The third-order valence-electron chi connectivity index (χ3n) is 11.8. The summed E-state index contributed by atoms with van der Waals surface area (Å²) < 4.78 is 4.96. The molecule has 0 spiro atoms. The van der Waals surface area contributed by atoms with Gasteiger partial charge in [0.25, 0.3) is 0 Å². The third kappa shape index (κ3) is 5.07. The lowest BCUT2D eigenvalue weighted by Gasteiger charge is -2.44. The first-order chi connectivity index (χ1) is 26.9. The van der Waals surface area contributed by atoms with E-state index in [0.29, 0.717) is 0 Å². The van der Waals surface area contributed by atoms with Gasteiger partial charge in [-0.25, -0.2) is 0 Å². The minimum atomic E-state index is -2.58. The molecule has 10 aromatic rings. The van der Waals surface area contributed by atoms with Crippen LogP contribution in [0.25, 0.3) is 66.1 Å². The first-order valence-electron chi connectivity index (χ1n) is 19.3. The van der Waals surface area contributed by atoms with Crippen LogP contribution in [-0.4, -0.2) is 17.2 Å². The van der Waals surface area contributed by atoms with E-state index in [1.807, 2.05) is 0 Å². The lowest BCUT2D eigenvalue weighted by Crippen LogP contribution is -2.72. The molecule has 0 atom stereocenters. The van der Waals surface area contributed by atoms with E-state index in [1.54, 1.807) is 0 Å². The number of aromatic nitrogens is 2. The second-order valence-corrected chi connectivity index (χ2v) is 20.5. The van der Waals surface area contributed by atoms with Crippen LogP contribution in [-0.2, 0) is 0 Å². The maximum Gasteiger partial charge on any atom is 0.153 e. The Balaban J connectivity index is 1.25. The fraction of sp³-hybridized carbons (Fsp3) is 0.0769. The highest BCUT2D eigenvalue weighted by Gasteiger charge is 2.49. The molecule has 264 valence electrons. The summed E-state index contributed by atoms with van der Waals surface area (Å²) in [6, 6.07) is 74.3. The molecule has 8 aromatic carbocycles. The average molecular weight is 723 g/mol. The minimum absolute atomic E-state index is 0.0169. The molecule has 2 nitrogen and oxygen atoms in total. The van der Waals surface area contributed by atoms with Gasteiger partial charge in [-0.3, -0.25) is 0 Å². The molecular formula is C52H42N2Si. The Labute approximate surface area is 323 Å². The largest absolute Gasteiger partial charge is 0.309 e. The summed E-state index contributed by atoms with van der Waals surface area (Å²) in [7, 11) is -2.58. The van der Waals surface area contributed by atoms with E-state index in [-0.39, 0.29) is 5.04 Å². The van der Waals surface area contributed by atoms with Crippen LogP contribution in [0, 0.1) is 0 Å². The number of benzene rings is 8. The molecule has 0 bridgehead atoms. The molecule has 0 aliphatic carbocycles. The molecule has 0 aliphatic heterocycles. The number of para-hydroxylation sites is 3. The number of nitrogens with zero attached hydrogens (tertiary/aromatic N) is 2. The maximum absolute atomic E-state index is 2.58. The smallest absolute Gasteiger partial charge is 0.153 e. The van der Waals surface area contributed by atoms with Gasteiger partial charge in [0.1, 0.15) is 0 Å². The van der Waals surface area contributed by atoms with Crippen LogP contribution in [0.1, 0.15) is 20.8 Å². The predicted octanol–water partition coefficient (Wildman–Crippen LogP) is 11.8. The monoisotopic (exact) mass is 722 g/mol. The second-order valence-electron chi connectivity index (χ2n) is 15.8. The van der Waals surface area contributed by atoms with Gasteiger partial charge in [-0.1, -0.05) is 178 Å². The first kappa shape index (κ1) is 33.2. The van der Waals surface area contributed by atoms with Crippen LogP contribution in [0.2, 0.25) is 5.04 Å². The standard InChI is InChI=1S/C52H42N2Si/c1-52(2,3)55(39-21-9-5-10-22-39,40-23-11-6-12-24-40)41-32-33-45-43-26-14-17-29-48(43)53(51(45)36-41)38-31-34-50-46(35-38)44-27-15-18-30-49(44)54(50)47-28-16-13-25-42(47)37-19-7-4-8-20-37/h4-36H,1-3H3. The zero-order valence-corrected chi connectivity index (χ0v) is 32.4. The Kier molecular flexibility index (Phi) is 7.76. The molecule has 0 aliphatic rings. The highest BCUT2D eigenvalue weighted by molar-refractivity contribution is 7.13. The molecule has 0 unspecified atom stereocenters. The molecule has 0 N–H and O–H groups in total. The van der Waals surface area contributed by atoms with Crippen molar-refractivity contribution in [3.8, 4) is 22.5 Å². The van der Waals surface area contributed by atoms with Crippen molar-refractivity contribution in [1.29, 1.82) is 0 Å². The number of hydrogen-bond donors (Lipinski definition) is 0. The third-order valence-corrected chi connectivity index (χ3v) is 17.6. The normalized spacial score (nSPS) is 12.3. The van der Waals surface area contributed by atoms with Gasteiger partial charge in [-0.05, 0) is 68.6 Å². The van der Waals surface area contributed by atoms with Gasteiger partial charge in [0.15, 0.2) is 8.07 Å². The summed E-state index contributed by atoms with van der Waals surface area (Å²) >= 11 is 0. The highest BCUT2D eigenvalue weighted by atomic mass is 28.3. The predicted molar refractivity (Wildman–Crippen MR) is 238 cm³/mol. The van der Waals surface area contributed by atoms with E-state index >= 15 is 0 Å². The topological polar surface area (TPSA) is 9.86 Å². The molecular weight excluding hydrogens is 681 g/mol. The fourth-order valence-corrected chi connectivity index (χ4v) is 15.2. The highest BCUT2D eigenvalue weighted by Crippen LogP contribution is 2.40. The van der Waals surface area contributed by atoms with Crippen LogP contribution < -0.4 is 15.6 Å². The van der Waals surface area contributed by atoms with E-state index in [2.05, 4.69) is 230 Å². The molecule has 0 saturated carbocycles. The number of hydrogen-bond acceptors (Lipinski definition) is 0. The van der Waals surface area contributed by atoms with Crippen molar-refractivity contribution in [1.82, 2.24) is 9.13 Å². The Morgan fingerprint density at radius 1 is 0.364 bits per heavy atom. The van der Waals surface area contributed by atoms with E-state index in [1.165, 1.54) is 76.0 Å². The first-order valence-corrected chi connectivity index (χ1v) is 21.3. The number of fused-ring (bicyclic) bond motifs is 6. The summed E-state index contributed by atoms with van der Waals surface area (Å²) in [4.78, 5) is 0. The molecule has 3 heteroatoms. The van der Waals surface area contributed by atoms with Crippen LogP contribution in [0.5, 0.6) is 0 Å². The van der Waals surface area contributed by atoms with Gasteiger partial charge in [-0.2, -0.15) is 0 Å². The molecule has 2 heterocycles. The summed E-state index contributed by atoms with van der Waals surface area (Å²) in [5.41, 5.74) is 9.63. The molecule has 0 fully saturated rings. The Hall–Kier alpha value is -6.42. The average Bonchev–Trinajstić information content (AvgIpc) is 3.74. The minimum Gasteiger partial charge on any atom is -0.309 e. The lowest BCUT2D eigenvalue weighted by molar-refractivity contribution is 0.739. The van der Waals surface area contributed by atoms with Crippen LogP contribution in [0.4, 0.5) is 0 Å². The SMILES string of the molecule is CC(C)(C)[Si](c1ccccc1)(c1ccccc1)c1ccc2c3ccccc3n(-c3ccc4c(c3)c3ccccc3n4-c3ccccc3-c3ccccc3)c2c1. The van der Waals surface area contributed by atoms with E-state index in [9.17, 15) is 0 Å². The fourth-order valence-electron chi connectivity index (χ4n) is 9.55. The zero-order chi connectivity index (χ0) is 37.1. The van der Waals surface area contributed by atoms with Crippen molar-refractivity contribution >= 4 is 67.2 Å². The van der Waals surface area contributed by atoms with Gasteiger partial charge >= 0.3 is 0 Å². The van der Waals surface area contributed by atoms with Crippen molar-refractivity contribution in [2.24, 2.45) is 0 Å². The van der Waals surface area contributed by atoms with Crippen LogP contribution in [0.15, 0.2) is 200 Å². The van der Waals surface area contributed by atoms with Gasteiger partial charge in [0.05, 0.1) is 27.8 Å². The Morgan fingerprint density at radius 3 is 1.53 bits per heavy atom. The molecule has 2 aromatic heterocycles. The Morgan fingerprint density at radius 2 is 0.873 bits per heavy atom. The molecule has 10 rings (SSSR count). The van der Waals surface area contributed by atoms with Gasteiger partial charge in [-0.15, -0.1) is 0 Å². The van der Waals surface area contributed by atoms with Crippen molar-refractivity contribution < 1.29 is 0 Å². The summed E-state index contributed by atoms with van der Waals surface area (Å²) in [5, 5.41) is 9.30. The van der Waals surface area contributed by atoms with Crippen LogP contribution in [0.3, 0.4) is 0 Å². The molecule has 0 saturated heterocycles. The van der Waals surface area contributed by atoms with Gasteiger partial charge in [0, 0.05) is 32.8 Å². The van der Waals surface area contributed by atoms with Gasteiger partial charge < -0.3 is 9.13 Å². The van der Waals surface area contributed by atoms with Crippen molar-refractivity contribution in [3.05, 3.63) is 200 Å². The summed E-state index contributed by atoms with van der Waals surface area (Å²) in [6.07, 6.45) is 0. The summed E-state index contributed by atoms with van der Waals surface area (Å²) in [6.45, 7) is 7.33. The molecule has 0 radical (unpaired) electrons. The lowest BCUT2D eigenvalue weighted by atomic mass is 10.0. The molecule has 0 amide bonds. The second kappa shape index (κ2) is 12.9. The van der Waals surface area contributed by atoms with Gasteiger partial charge in [0.2, 0.25) is 0 Å². The van der Waals surface area contributed by atoms with Crippen LogP contribution >= 0.6 is 0 Å². The van der Waals surface area contributed by atoms with Crippen molar-refractivity contribution in [2.75, 3.05) is 0 Å². The van der Waals surface area contributed by atoms with E-state index < -0.39 is 8.07 Å². The Bertz CT molecular complexity index is 2960.